The lowest BCUT2D eigenvalue weighted by atomic mass is 10.2. The number of rotatable bonds is 7. The molecule has 0 aliphatic heterocycles. The molecule has 1 atom stereocenters. The normalized spacial score (nSPS) is 11.6. The van der Waals surface area contributed by atoms with Gasteiger partial charge in [0.2, 0.25) is 5.95 Å². The molecule has 0 aliphatic rings. The molecule has 23 heavy (non-hydrogen) atoms. The van der Waals surface area contributed by atoms with Crippen LogP contribution in [0.4, 0.5) is 5.95 Å². The fourth-order valence-corrected chi connectivity index (χ4v) is 2.11. The summed E-state index contributed by atoms with van der Waals surface area (Å²) < 4.78 is 5.66. The Balaban J connectivity index is 1.74. The van der Waals surface area contributed by atoms with Gasteiger partial charge >= 0.3 is 0 Å². The molecular weight excluding hydrogens is 316 g/mol. The number of halogens is 1. The number of amides is 1. The molecule has 6 nitrogen and oxygen atoms in total. The quantitative estimate of drug-likeness (QED) is 0.761. The molecule has 0 fully saturated rings. The van der Waals surface area contributed by atoms with E-state index >= 15 is 0 Å². The lowest BCUT2D eigenvalue weighted by Crippen LogP contribution is -2.38. The molecule has 0 aliphatic carbocycles. The van der Waals surface area contributed by atoms with Crippen LogP contribution >= 0.6 is 11.6 Å². The van der Waals surface area contributed by atoms with E-state index in [-0.39, 0.29) is 5.91 Å². The van der Waals surface area contributed by atoms with Crippen molar-refractivity contribution >= 4 is 23.5 Å². The Kier molecular flexibility index (Phi) is 6.17. The van der Waals surface area contributed by atoms with Gasteiger partial charge in [0.15, 0.2) is 6.10 Å². The fraction of sp³-hybridized carbons (Fsp3) is 0.312. The van der Waals surface area contributed by atoms with Gasteiger partial charge in [0.05, 0.1) is 0 Å². The lowest BCUT2D eigenvalue weighted by Gasteiger charge is -2.16. The third-order valence-electron chi connectivity index (χ3n) is 3.08. The zero-order chi connectivity index (χ0) is 16.7. The highest BCUT2D eigenvalue weighted by atomic mass is 35.5. The smallest absolute Gasteiger partial charge is 0.260 e. The summed E-state index contributed by atoms with van der Waals surface area (Å²) in [5.74, 6) is 0.992. The summed E-state index contributed by atoms with van der Waals surface area (Å²) in [6, 6.07) is 7.03. The van der Waals surface area contributed by atoms with Crippen LogP contribution in [0.15, 0.2) is 36.7 Å². The van der Waals surface area contributed by atoms with Gasteiger partial charge in [-0.05, 0) is 43.7 Å². The second-order valence-electron chi connectivity index (χ2n) is 4.96. The Morgan fingerprint density at radius 1 is 1.30 bits per heavy atom. The van der Waals surface area contributed by atoms with Crippen molar-refractivity contribution < 1.29 is 9.53 Å². The van der Waals surface area contributed by atoms with Crippen LogP contribution in [0.1, 0.15) is 12.5 Å². The molecule has 0 spiro atoms. The molecular formula is C16H19ClN4O2. The van der Waals surface area contributed by atoms with Crippen molar-refractivity contribution in [2.45, 2.75) is 20.0 Å². The van der Waals surface area contributed by atoms with Crippen molar-refractivity contribution in [2.75, 3.05) is 18.4 Å². The Morgan fingerprint density at radius 2 is 2.04 bits per heavy atom. The molecule has 2 aromatic rings. The number of aryl methyl sites for hydroxylation is 1. The summed E-state index contributed by atoms with van der Waals surface area (Å²) in [6.07, 6.45) is 2.71. The summed E-state index contributed by atoms with van der Waals surface area (Å²) in [7, 11) is 0. The highest BCUT2D eigenvalue weighted by Gasteiger charge is 2.15. The number of hydrogen-bond donors (Lipinski definition) is 2. The second kappa shape index (κ2) is 8.33. The summed E-state index contributed by atoms with van der Waals surface area (Å²) in [6.45, 7) is 4.57. The summed E-state index contributed by atoms with van der Waals surface area (Å²) >= 11 is 5.90. The molecule has 1 aromatic heterocycles. The number of benzene rings is 1. The molecule has 2 N–H and O–H groups in total. The van der Waals surface area contributed by atoms with Crippen LogP contribution in [0.5, 0.6) is 5.75 Å². The Morgan fingerprint density at radius 3 is 2.74 bits per heavy atom. The van der Waals surface area contributed by atoms with E-state index in [1.54, 1.807) is 43.6 Å². The van der Waals surface area contributed by atoms with Crippen LogP contribution in [-0.2, 0) is 4.79 Å². The molecule has 1 unspecified atom stereocenters. The highest BCUT2D eigenvalue weighted by molar-refractivity contribution is 6.30. The Labute approximate surface area is 140 Å². The van der Waals surface area contributed by atoms with Gasteiger partial charge in [-0.25, -0.2) is 9.97 Å². The molecule has 7 heteroatoms. The van der Waals surface area contributed by atoms with E-state index in [0.29, 0.717) is 29.8 Å². The van der Waals surface area contributed by atoms with Gasteiger partial charge in [-0.2, -0.15) is 0 Å². The lowest BCUT2D eigenvalue weighted by molar-refractivity contribution is -0.127. The van der Waals surface area contributed by atoms with E-state index in [1.807, 2.05) is 6.92 Å². The van der Waals surface area contributed by atoms with Gasteiger partial charge in [-0.3, -0.25) is 4.79 Å². The van der Waals surface area contributed by atoms with E-state index < -0.39 is 6.10 Å². The molecule has 0 saturated carbocycles. The minimum absolute atomic E-state index is 0.185. The van der Waals surface area contributed by atoms with Crippen molar-refractivity contribution in [3.05, 3.63) is 47.2 Å². The van der Waals surface area contributed by atoms with Crippen LogP contribution in [-0.4, -0.2) is 35.1 Å². The number of ether oxygens (including phenoxy) is 1. The standard InChI is InChI=1S/C16H19ClN4O2/c1-11-10-13(17)4-5-14(11)23-12(2)15(22)18-8-9-21-16-19-6-3-7-20-16/h3-7,10,12H,8-9H2,1-2H3,(H,18,22)(H,19,20,21). The predicted octanol–water partition coefficient (Wildman–Crippen LogP) is 2.43. The van der Waals surface area contributed by atoms with Crippen LogP contribution in [0.3, 0.4) is 0 Å². The maximum absolute atomic E-state index is 12.0. The molecule has 0 saturated heterocycles. The number of carbonyl (C=O) groups excluding carboxylic acids is 1. The molecule has 0 bridgehead atoms. The van der Waals surface area contributed by atoms with Crippen LogP contribution in [0, 0.1) is 6.92 Å². The number of aromatic nitrogens is 2. The zero-order valence-electron chi connectivity index (χ0n) is 13.0. The highest BCUT2D eigenvalue weighted by Crippen LogP contribution is 2.22. The van der Waals surface area contributed by atoms with Gasteiger partial charge < -0.3 is 15.4 Å². The van der Waals surface area contributed by atoms with E-state index in [0.717, 1.165) is 5.56 Å². The van der Waals surface area contributed by atoms with Crippen molar-refractivity contribution in [3.8, 4) is 5.75 Å². The van der Waals surface area contributed by atoms with Gasteiger partial charge in [0.1, 0.15) is 5.75 Å². The van der Waals surface area contributed by atoms with Crippen molar-refractivity contribution in [1.82, 2.24) is 15.3 Å². The van der Waals surface area contributed by atoms with Crippen molar-refractivity contribution in [1.29, 1.82) is 0 Å². The van der Waals surface area contributed by atoms with Crippen LogP contribution in [0.2, 0.25) is 5.02 Å². The van der Waals surface area contributed by atoms with Crippen LogP contribution < -0.4 is 15.4 Å². The first-order valence-electron chi connectivity index (χ1n) is 7.27. The molecule has 1 amide bonds. The van der Waals surface area contributed by atoms with E-state index in [9.17, 15) is 4.79 Å². The third-order valence-corrected chi connectivity index (χ3v) is 3.32. The third kappa shape index (κ3) is 5.41. The first kappa shape index (κ1) is 17.0. The van der Waals surface area contributed by atoms with E-state index in [2.05, 4.69) is 20.6 Å². The monoisotopic (exact) mass is 334 g/mol. The number of carbonyl (C=O) groups is 1. The minimum Gasteiger partial charge on any atom is -0.481 e. The fourth-order valence-electron chi connectivity index (χ4n) is 1.88. The molecule has 0 radical (unpaired) electrons. The minimum atomic E-state index is -0.595. The second-order valence-corrected chi connectivity index (χ2v) is 5.40. The maximum Gasteiger partial charge on any atom is 0.260 e. The Bertz CT molecular complexity index is 652. The SMILES string of the molecule is Cc1cc(Cl)ccc1OC(C)C(=O)NCCNc1ncccn1. The Hall–Kier alpha value is -2.34. The van der Waals surface area contributed by atoms with Gasteiger partial charge in [-0.1, -0.05) is 11.6 Å². The summed E-state index contributed by atoms with van der Waals surface area (Å²) in [4.78, 5) is 20.1. The zero-order valence-corrected chi connectivity index (χ0v) is 13.8. The maximum atomic E-state index is 12.0. The van der Waals surface area contributed by atoms with E-state index in [4.69, 9.17) is 16.3 Å². The topological polar surface area (TPSA) is 76.1 Å². The summed E-state index contributed by atoms with van der Waals surface area (Å²) in [5, 5.41) is 6.45. The van der Waals surface area contributed by atoms with E-state index in [1.165, 1.54) is 0 Å². The molecule has 2 rings (SSSR count). The van der Waals surface area contributed by atoms with Crippen molar-refractivity contribution in [2.24, 2.45) is 0 Å². The molecule has 1 heterocycles. The summed E-state index contributed by atoms with van der Waals surface area (Å²) in [5.41, 5.74) is 0.889. The van der Waals surface area contributed by atoms with Crippen molar-refractivity contribution in [3.63, 3.8) is 0 Å². The largest absolute Gasteiger partial charge is 0.481 e. The first-order chi connectivity index (χ1) is 11.1. The van der Waals surface area contributed by atoms with Gasteiger partial charge in [0.25, 0.3) is 5.91 Å². The van der Waals surface area contributed by atoms with Gasteiger partial charge in [0, 0.05) is 30.5 Å². The van der Waals surface area contributed by atoms with Gasteiger partial charge in [-0.15, -0.1) is 0 Å². The number of nitrogens with zero attached hydrogens (tertiary/aromatic N) is 2. The number of nitrogens with one attached hydrogen (secondary N) is 2. The first-order valence-corrected chi connectivity index (χ1v) is 7.65. The average Bonchev–Trinajstić information content (AvgIpc) is 2.55. The average molecular weight is 335 g/mol. The predicted molar refractivity (Wildman–Crippen MR) is 89.8 cm³/mol. The number of anilines is 1. The molecule has 122 valence electrons. The van der Waals surface area contributed by atoms with Crippen LogP contribution in [0.25, 0.3) is 0 Å². The molecule has 1 aromatic carbocycles. The number of hydrogen-bond acceptors (Lipinski definition) is 5.